The minimum absolute atomic E-state index is 0.174. The molecule has 0 saturated heterocycles. The van der Waals surface area contributed by atoms with Gasteiger partial charge in [-0.2, -0.15) is 0 Å². The molecule has 156 valence electrons. The number of amides is 1. The highest BCUT2D eigenvalue weighted by Crippen LogP contribution is 2.33. The third-order valence-electron chi connectivity index (χ3n) is 4.08. The minimum Gasteiger partial charge on any atom is -0.497 e. The maximum atomic E-state index is 12.3. The number of hydrogen-bond acceptors (Lipinski definition) is 7. The van der Waals surface area contributed by atoms with Gasteiger partial charge in [0.2, 0.25) is 5.91 Å². The Bertz CT molecular complexity index is 834. The zero-order valence-corrected chi connectivity index (χ0v) is 16.9. The molecule has 0 aliphatic heterocycles. The molecule has 8 heteroatoms. The fraction of sp³-hybridized carbons (Fsp3) is 0.333. The van der Waals surface area contributed by atoms with Gasteiger partial charge in [0.05, 0.1) is 46.3 Å². The molecule has 2 aromatic carbocycles. The van der Waals surface area contributed by atoms with Crippen molar-refractivity contribution in [2.45, 2.75) is 12.8 Å². The average molecular weight is 403 g/mol. The Labute approximate surface area is 169 Å². The Morgan fingerprint density at radius 2 is 1.48 bits per heavy atom. The molecule has 8 nitrogen and oxygen atoms in total. The summed E-state index contributed by atoms with van der Waals surface area (Å²) in [5.41, 5.74) is 0.462. The smallest absolute Gasteiger partial charge is 0.340 e. The molecule has 0 heterocycles. The lowest BCUT2D eigenvalue weighted by molar-refractivity contribution is -0.116. The predicted octanol–water partition coefficient (Wildman–Crippen LogP) is 3.30. The van der Waals surface area contributed by atoms with Crippen LogP contribution in [0.25, 0.3) is 0 Å². The summed E-state index contributed by atoms with van der Waals surface area (Å²) < 4.78 is 25.9. The van der Waals surface area contributed by atoms with Crippen molar-refractivity contribution in [2.75, 3.05) is 40.4 Å². The van der Waals surface area contributed by atoms with Crippen LogP contribution in [0.2, 0.25) is 0 Å². The highest BCUT2D eigenvalue weighted by atomic mass is 16.5. The highest BCUT2D eigenvalue weighted by Gasteiger charge is 2.19. The SMILES string of the molecule is COC(=O)c1cc(OC)c(OC)cc1NC(=O)CCCOc1ccc(OC)cc1. The number of esters is 1. The number of benzene rings is 2. The molecule has 0 aliphatic rings. The summed E-state index contributed by atoms with van der Waals surface area (Å²) in [7, 11) is 5.79. The first-order valence-corrected chi connectivity index (χ1v) is 8.93. The largest absolute Gasteiger partial charge is 0.497 e. The standard InChI is InChI=1S/C21H25NO7/c1-25-14-7-9-15(10-8-14)29-11-5-6-20(23)22-17-13-19(27-3)18(26-2)12-16(17)21(24)28-4/h7-10,12-13H,5-6,11H2,1-4H3,(H,22,23). The molecule has 2 aromatic rings. The molecular weight excluding hydrogens is 378 g/mol. The molecule has 0 aromatic heterocycles. The van der Waals surface area contributed by atoms with Gasteiger partial charge in [0.25, 0.3) is 0 Å². The van der Waals surface area contributed by atoms with Gasteiger partial charge in [-0.15, -0.1) is 0 Å². The molecule has 0 fully saturated rings. The second-order valence-electron chi connectivity index (χ2n) is 5.92. The Balaban J connectivity index is 1.95. The monoisotopic (exact) mass is 403 g/mol. The van der Waals surface area contributed by atoms with E-state index in [1.165, 1.54) is 33.5 Å². The van der Waals surface area contributed by atoms with E-state index in [0.717, 1.165) is 5.75 Å². The van der Waals surface area contributed by atoms with Crippen molar-refractivity contribution in [3.63, 3.8) is 0 Å². The number of rotatable bonds is 10. The lowest BCUT2D eigenvalue weighted by Crippen LogP contribution is -2.16. The van der Waals surface area contributed by atoms with E-state index in [-0.39, 0.29) is 23.6 Å². The number of ether oxygens (including phenoxy) is 5. The van der Waals surface area contributed by atoms with Crippen molar-refractivity contribution in [3.05, 3.63) is 42.0 Å². The van der Waals surface area contributed by atoms with Crippen molar-refractivity contribution in [1.29, 1.82) is 0 Å². The number of hydrogen-bond donors (Lipinski definition) is 1. The van der Waals surface area contributed by atoms with E-state index < -0.39 is 5.97 Å². The van der Waals surface area contributed by atoms with E-state index in [9.17, 15) is 9.59 Å². The van der Waals surface area contributed by atoms with Crippen LogP contribution in [-0.2, 0) is 9.53 Å². The van der Waals surface area contributed by atoms with Crippen molar-refractivity contribution in [3.8, 4) is 23.0 Å². The number of methoxy groups -OCH3 is 4. The van der Waals surface area contributed by atoms with Gasteiger partial charge in [-0.25, -0.2) is 4.79 Å². The van der Waals surface area contributed by atoms with Crippen LogP contribution in [0.1, 0.15) is 23.2 Å². The van der Waals surface area contributed by atoms with Crippen LogP contribution in [0.5, 0.6) is 23.0 Å². The Morgan fingerprint density at radius 3 is 2.07 bits per heavy atom. The fourth-order valence-corrected chi connectivity index (χ4v) is 2.57. The summed E-state index contributed by atoms with van der Waals surface area (Å²) in [6.45, 7) is 0.371. The average Bonchev–Trinajstić information content (AvgIpc) is 2.76. The first-order valence-electron chi connectivity index (χ1n) is 8.93. The van der Waals surface area contributed by atoms with Crippen molar-refractivity contribution >= 4 is 17.6 Å². The molecule has 0 aliphatic carbocycles. The van der Waals surface area contributed by atoms with Crippen LogP contribution in [-0.4, -0.2) is 46.9 Å². The molecule has 0 unspecified atom stereocenters. The van der Waals surface area contributed by atoms with E-state index in [0.29, 0.717) is 30.3 Å². The molecule has 1 N–H and O–H groups in total. The second kappa shape index (κ2) is 10.8. The third kappa shape index (κ3) is 6.03. The van der Waals surface area contributed by atoms with Crippen LogP contribution >= 0.6 is 0 Å². The van der Waals surface area contributed by atoms with E-state index in [2.05, 4.69) is 5.32 Å². The van der Waals surface area contributed by atoms with E-state index in [1.807, 2.05) is 0 Å². The molecule has 1 amide bonds. The van der Waals surface area contributed by atoms with Crippen LogP contribution in [0.4, 0.5) is 5.69 Å². The van der Waals surface area contributed by atoms with Crippen LogP contribution in [0, 0.1) is 0 Å². The highest BCUT2D eigenvalue weighted by molar-refractivity contribution is 6.02. The number of nitrogens with one attached hydrogen (secondary N) is 1. The van der Waals surface area contributed by atoms with Gasteiger partial charge in [-0.1, -0.05) is 0 Å². The molecule has 0 saturated carbocycles. The minimum atomic E-state index is -0.593. The van der Waals surface area contributed by atoms with Gasteiger partial charge in [0, 0.05) is 18.6 Å². The third-order valence-corrected chi connectivity index (χ3v) is 4.08. The van der Waals surface area contributed by atoms with E-state index in [4.69, 9.17) is 23.7 Å². The molecule has 0 bridgehead atoms. The summed E-state index contributed by atoms with van der Waals surface area (Å²) in [5.74, 6) is 1.33. The van der Waals surface area contributed by atoms with Crippen molar-refractivity contribution < 1.29 is 33.3 Å². The van der Waals surface area contributed by atoms with Gasteiger partial charge in [0.15, 0.2) is 11.5 Å². The molecule has 0 spiro atoms. The lowest BCUT2D eigenvalue weighted by atomic mass is 10.1. The summed E-state index contributed by atoms with van der Waals surface area (Å²) in [5, 5.41) is 2.72. The maximum absolute atomic E-state index is 12.3. The van der Waals surface area contributed by atoms with Crippen molar-refractivity contribution in [1.82, 2.24) is 0 Å². The zero-order valence-electron chi connectivity index (χ0n) is 16.9. The summed E-state index contributed by atoms with van der Waals surface area (Å²) in [6, 6.07) is 10.2. The molecule has 0 radical (unpaired) electrons. The fourth-order valence-electron chi connectivity index (χ4n) is 2.57. The van der Waals surface area contributed by atoms with Gasteiger partial charge >= 0.3 is 5.97 Å². The van der Waals surface area contributed by atoms with E-state index in [1.54, 1.807) is 31.4 Å². The molecule has 0 atom stereocenters. The predicted molar refractivity (Wildman–Crippen MR) is 107 cm³/mol. The number of anilines is 1. The molecule has 29 heavy (non-hydrogen) atoms. The Kier molecular flexibility index (Phi) is 8.14. The Hall–Kier alpha value is -3.42. The molecule has 2 rings (SSSR count). The maximum Gasteiger partial charge on any atom is 0.340 e. The first kappa shape index (κ1) is 21.9. The topological polar surface area (TPSA) is 92.3 Å². The van der Waals surface area contributed by atoms with Crippen molar-refractivity contribution in [2.24, 2.45) is 0 Å². The molecular formula is C21H25NO7. The second-order valence-corrected chi connectivity index (χ2v) is 5.92. The lowest BCUT2D eigenvalue weighted by Gasteiger charge is -2.14. The summed E-state index contributed by atoms with van der Waals surface area (Å²) in [4.78, 5) is 24.4. The van der Waals surface area contributed by atoms with Gasteiger partial charge in [0.1, 0.15) is 11.5 Å². The number of carbonyl (C=O) groups excluding carboxylic acids is 2. The van der Waals surface area contributed by atoms with E-state index >= 15 is 0 Å². The summed E-state index contributed by atoms with van der Waals surface area (Å²) in [6.07, 6.45) is 0.712. The van der Waals surface area contributed by atoms with Crippen LogP contribution in [0.3, 0.4) is 0 Å². The summed E-state index contributed by atoms with van der Waals surface area (Å²) >= 11 is 0. The van der Waals surface area contributed by atoms with Crippen LogP contribution in [0.15, 0.2) is 36.4 Å². The number of carbonyl (C=O) groups is 2. The Morgan fingerprint density at radius 1 is 0.862 bits per heavy atom. The quantitative estimate of drug-likeness (QED) is 0.481. The zero-order chi connectivity index (χ0) is 21.2. The van der Waals surface area contributed by atoms with Gasteiger partial charge in [-0.3, -0.25) is 4.79 Å². The van der Waals surface area contributed by atoms with Crippen LogP contribution < -0.4 is 24.3 Å². The first-order chi connectivity index (χ1) is 14.0. The van der Waals surface area contributed by atoms with Gasteiger partial charge in [-0.05, 0) is 30.7 Å². The van der Waals surface area contributed by atoms with Gasteiger partial charge < -0.3 is 29.0 Å². The normalized spacial score (nSPS) is 10.1.